The Morgan fingerprint density at radius 1 is 1.11 bits per heavy atom. The van der Waals surface area contributed by atoms with Crippen LogP contribution >= 0.6 is 0 Å². The van der Waals surface area contributed by atoms with Gasteiger partial charge in [0.05, 0.1) is 13.2 Å². The molecule has 1 atom stereocenters. The number of nitrogens with zero attached hydrogens (tertiary/aromatic N) is 2. The summed E-state index contributed by atoms with van der Waals surface area (Å²) in [6, 6.07) is 18.2. The molecule has 0 saturated carbocycles. The van der Waals surface area contributed by atoms with E-state index in [1.807, 2.05) is 41.3 Å². The molecule has 1 aliphatic rings. The molecule has 150 valence electrons. The Balaban J connectivity index is 1.75. The van der Waals surface area contributed by atoms with Crippen LogP contribution in [-0.2, 0) is 17.7 Å². The van der Waals surface area contributed by atoms with Gasteiger partial charge in [-0.1, -0.05) is 55.5 Å². The van der Waals surface area contributed by atoms with Crippen molar-refractivity contribution < 1.29 is 9.53 Å². The molecule has 2 amide bonds. The smallest absolute Gasteiger partial charge is 0.322 e. The van der Waals surface area contributed by atoms with Crippen molar-refractivity contribution in [3.63, 3.8) is 0 Å². The van der Waals surface area contributed by atoms with Crippen LogP contribution in [0.15, 0.2) is 54.6 Å². The summed E-state index contributed by atoms with van der Waals surface area (Å²) in [4.78, 5) is 17.6. The van der Waals surface area contributed by atoms with Crippen molar-refractivity contribution in [1.82, 2.24) is 9.80 Å². The summed E-state index contributed by atoms with van der Waals surface area (Å²) >= 11 is 0. The lowest BCUT2D eigenvalue weighted by molar-refractivity contribution is 0.0277. The van der Waals surface area contributed by atoms with E-state index in [2.05, 4.69) is 42.3 Å². The molecule has 3 rings (SSSR count). The summed E-state index contributed by atoms with van der Waals surface area (Å²) in [6.07, 6.45) is 0.887. The fourth-order valence-electron chi connectivity index (χ4n) is 3.60. The molecule has 0 radical (unpaired) electrons. The molecule has 2 aromatic rings. The molecular weight excluding hydrogens is 350 g/mol. The lowest BCUT2D eigenvalue weighted by atomic mass is 10.1. The van der Waals surface area contributed by atoms with E-state index >= 15 is 0 Å². The van der Waals surface area contributed by atoms with Crippen molar-refractivity contribution in [3.8, 4) is 0 Å². The number of hydrogen-bond donors (Lipinski definition) is 1. The molecule has 5 heteroatoms. The van der Waals surface area contributed by atoms with Gasteiger partial charge in [0.1, 0.15) is 0 Å². The number of amides is 2. The zero-order valence-corrected chi connectivity index (χ0v) is 16.9. The number of carbonyl (C=O) groups is 1. The van der Waals surface area contributed by atoms with Crippen molar-refractivity contribution in [3.05, 3.63) is 65.7 Å². The highest BCUT2D eigenvalue weighted by atomic mass is 16.5. The molecule has 28 heavy (non-hydrogen) atoms. The fraction of sp³-hybridized carbons (Fsp3) is 0.435. The Hall–Kier alpha value is -2.37. The maximum Gasteiger partial charge on any atom is 0.322 e. The summed E-state index contributed by atoms with van der Waals surface area (Å²) < 4.78 is 5.45. The topological polar surface area (TPSA) is 44.8 Å². The maximum absolute atomic E-state index is 13.2. The van der Waals surface area contributed by atoms with Crippen LogP contribution < -0.4 is 5.32 Å². The number of nitrogens with one attached hydrogen (secondary N) is 1. The highest BCUT2D eigenvalue weighted by Gasteiger charge is 2.24. The van der Waals surface area contributed by atoms with Crippen LogP contribution in [0.3, 0.4) is 0 Å². The van der Waals surface area contributed by atoms with E-state index in [9.17, 15) is 4.79 Å². The number of aryl methyl sites for hydroxylation is 1. The summed E-state index contributed by atoms with van der Waals surface area (Å²) in [7, 11) is 0. The lowest BCUT2D eigenvalue weighted by Gasteiger charge is -2.35. The molecule has 2 aromatic carbocycles. The number of para-hydroxylation sites is 1. The average molecular weight is 382 g/mol. The van der Waals surface area contributed by atoms with Crippen LogP contribution in [0.2, 0.25) is 0 Å². The van der Waals surface area contributed by atoms with Gasteiger partial charge >= 0.3 is 6.03 Å². The van der Waals surface area contributed by atoms with Crippen LogP contribution in [0.4, 0.5) is 10.5 Å². The zero-order valence-electron chi connectivity index (χ0n) is 16.9. The third-order valence-corrected chi connectivity index (χ3v) is 5.25. The first kappa shape index (κ1) is 20.4. The Morgan fingerprint density at radius 3 is 2.50 bits per heavy atom. The van der Waals surface area contributed by atoms with Crippen molar-refractivity contribution in [2.24, 2.45) is 0 Å². The Kier molecular flexibility index (Phi) is 7.46. The highest BCUT2D eigenvalue weighted by molar-refractivity contribution is 5.90. The normalized spacial score (nSPS) is 15.8. The van der Waals surface area contributed by atoms with Gasteiger partial charge in [-0.25, -0.2) is 4.79 Å². The molecule has 1 saturated heterocycles. The van der Waals surface area contributed by atoms with E-state index in [1.54, 1.807) is 0 Å². The molecule has 0 unspecified atom stereocenters. The van der Waals surface area contributed by atoms with Crippen molar-refractivity contribution >= 4 is 11.7 Å². The van der Waals surface area contributed by atoms with Crippen LogP contribution in [0.1, 0.15) is 25.0 Å². The largest absolute Gasteiger partial charge is 0.379 e. The van der Waals surface area contributed by atoms with E-state index in [4.69, 9.17) is 4.74 Å². The molecule has 0 bridgehead atoms. The van der Waals surface area contributed by atoms with Crippen molar-refractivity contribution in [2.75, 3.05) is 38.2 Å². The third-order valence-electron chi connectivity index (χ3n) is 5.25. The van der Waals surface area contributed by atoms with E-state index in [0.717, 1.165) is 56.1 Å². The quantitative estimate of drug-likeness (QED) is 0.788. The van der Waals surface area contributed by atoms with Gasteiger partial charge in [0.2, 0.25) is 0 Å². The van der Waals surface area contributed by atoms with Crippen LogP contribution in [0.5, 0.6) is 0 Å². The van der Waals surface area contributed by atoms with Gasteiger partial charge in [0, 0.05) is 37.9 Å². The van der Waals surface area contributed by atoms with Gasteiger partial charge in [0.25, 0.3) is 0 Å². The summed E-state index contributed by atoms with van der Waals surface area (Å²) in [5.74, 6) is 0. The molecule has 1 aliphatic heterocycles. The Labute approximate surface area is 168 Å². The standard InChI is InChI=1S/C23H31N3O2/c1-3-21-11-7-8-12-22(21)24-23(27)26(18-20-9-5-4-6-10-20)19(2)17-25-13-15-28-16-14-25/h4-12,19H,3,13-18H2,1-2H3,(H,24,27)/t19-/m0/s1. The Bertz CT molecular complexity index is 745. The van der Waals surface area contributed by atoms with Gasteiger partial charge < -0.3 is 15.0 Å². The monoisotopic (exact) mass is 381 g/mol. The third kappa shape index (κ3) is 5.57. The summed E-state index contributed by atoms with van der Waals surface area (Å²) in [5.41, 5.74) is 3.18. The molecular formula is C23H31N3O2. The second-order valence-electron chi connectivity index (χ2n) is 7.32. The predicted octanol–water partition coefficient (Wildman–Crippen LogP) is 4.00. The molecule has 1 N–H and O–H groups in total. The summed E-state index contributed by atoms with van der Waals surface area (Å²) in [5, 5.41) is 3.14. The van der Waals surface area contributed by atoms with Gasteiger partial charge in [0.15, 0.2) is 0 Å². The molecule has 0 aromatic heterocycles. The number of anilines is 1. The minimum atomic E-state index is -0.0505. The van der Waals surface area contributed by atoms with E-state index in [0.29, 0.717) is 6.54 Å². The number of carbonyl (C=O) groups excluding carboxylic acids is 1. The van der Waals surface area contributed by atoms with Crippen LogP contribution in [-0.4, -0.2) is 54.7 Å². The lowest BCUT2D eigenvalue weighted by Crippen LogP contribution is -2.49. The SMILES string of the molecule is CCc1ccccc1NC(=O)N(Cc1ccccc1)[C@@H](C)CN1CCOCC1. The number of urea groups is 1. The second kappa shape index (κ2) is 10.2. The van der Waals surface area contributed by atoms with Gasteiger partial charge in [-0.05, 0) is 30.5 Å². The first-order valence-electron chi connectivity index (χ1n) is 10.2. The van der Waals surface area contributed by atoms with Crippen LogP contribution in [0, 0.1) is 0 Å². The maximum atomic E-state index is 13.2. The van der Waals surface area contributed by atoms with E-state index in [-0.39, 0.29) is 12.1 Å². The van der Waals surface area contributed by atoms with E-state index < -0.39 is 0 Å². The molecule has 1 fully saturated rings. The first-order valence-corrected chi connectivity index (χ1v) is 10.2. The molecule has 0 spiro atoms. The van der Waals surface area contributed by atoms with Gasteiger partial charge in [-0.3, -0.25) is 4.90 Å². The average Bonchev–Trinajstić information content (AvgIpc) is 2.73. The predicted molar refractivity (Wildman–Crippen MR) is 114 cm³/mol. The van der Waals surface area contributed by atoms with Gasteiger partial charge in [-0.15, -0.1) is 0 Å². The van der Waals surface area contributed by atoms with Gasteiger partial charge in [-0.2, -0.15) is 0 Å². The molecule has 5 nitrogen and oxygen atoms in total. The first-order chi connectivity index (χ1) is 13.7. The minimum Gasteiger partial charge on any atom is -0.379 e. The number of hydrogen-bond acceptors (Lipinski definition) is 3. The second-order valence-corrected chi connectivity index (χ2v) is 7.32. The fourth-order valence-corrected chi connectivity index (χ4v) is 3.60. The number of rotatable bonds is 7. The van der Waals surface area contributed by atoms with Crippen molar-refractivity contribution in [2.45, 2.75) is 32.9 Å². The number of benzene rings is 2. The van der Waals surface area contributed by atoms with E-state index in [1.165, 1.54) is 0 Å². The number of morpholine rings is 1. The Morgan fingerprint density at radius 2 is 1.79 bits per heavy atom. The molecule has 1 heterocycles. The summed E-state index contributed by atoms with van der Waals surface area (Å²) in [6.45, 7) is 9.04. The highest BCUT2D eigenvalue weighted by Crippen LogP contribution is 2.18. The minimum absolute atomic E-state index is 0.0505. The number of ether oxygens (including phenoxy) is 1. The molecule has 0 aliphatic carbocycles. The van der Waals surface area contributed by atoms with Crippen LogP contribution in [0.25, 0.3) is 0 Å². The zero-order chi connectivity index (χ0) is 19.8. The van der Waals surface area contributed by atoms with Crippen molar-refractivity contribution in [1.29, 1.82) is 0 Å².